The van der Waals surface area contributed by atoms with E-state index >= 15 is 4.39 Å². The van der Waals surface area contributed by atoms with E-state index in [9.17, 15) is 14.4 Å². The van der Waals surface area contributed by atoms with Crippen molar-refractivity contribution in [3.05, 3.63) is 123 Å². The zero-order valence-corrected chi connectivity index (χ0v) is 19.6. The van der Waals surface area contributed by atoms with Crippen LogP contribution in [0.3, 0.4) is 0 Å². The molecule has 2 aliphatic heterocycles. The van der Waals surface area contributed by atoms with E-state index < -0.39 is 29.7 Å². The van der Waals surface area contributed by atoms with Gasteiger partial charge >= 0.3 is 0 Å². The normalized spacial score (nSPS) is 17.1. The lowest BCUT2D eigenvalue weighted by atomic mass is 9.99. The molecule has 0 bridgehead atoms. The second-order valence-electron chi connectivity index (χ2n) is 8.43. The third kappa shape index (κ3) is 3.46. The SMILES string of the molecule is O=C1C(N2C(=O)c3ccccc3C2=O)N=C(c2ccccc2F)c2ccccc2N1Cc1ccsc1. The van der Waals surface area contributed by atoms with Gasteiger partial charge in [-0.15, -0.1) is 0 Å². The van der Waals surface area contributed by atoms with Gasteiger partial charge in [0.15, 0.2) is 0 Å². The Kier molecular flexibility index (Phi) is 5.30. The highest BCUT2D eigenvalue weighted by Crippen LogP contribution is 2.34. The molecule has 3 heterocycles. The van der Waals surface area contributed by atoms with Crippen molar-refractivity contribution in [3.63, 3.8) is 0 Å². The minimum Gasteiger partial charge on any atom is -0.304 e. The van der Waals surface area contributed by atoms with Gasteiger partial charge in [0.05, 0.1) is 29.1 Å². The van der Waals surface area contributed by atoms with Crippen LogP contribution in [-0.2, 0) is 11.3 Å². The molecule has 0 saturated carbocycles. The number of rotatable bonds is 4. The fourth-order valence-corrected chi connectivity index (χ4v) is 5.27. The summed E-state index contributed by atoms with van der Waals surface area (Å²) < 4.78 is 15.0. The van der Waals surface area contributed by atoms with Crippen LogP contribution in [0, 0.1) is 5.82 Å². The highest BCUT2D eigenvalue weighted by Gasteiger charge is 2.46. The van der Waals surface area contributed by atoms with Crippen molar-refractivity contribution in [1.29, 1.82) is 0 Å². The van der Waals surface area contributed by atoms with Gasteiger partial charge < -0.3 is 4.90 Å². The summed E-state index contributed by atoms with van der Waals surface area (Å²) >= 11 is 1.50. The molecule has 0 radical (unpaired) electrons. The van der Waals surface area contributed by atoms with Crippen molar-refractivity contribution in [2.45, 2.75) is 12.7 Å². The largest absolute Gasteiger partial charge is 0.304 e. The van der Waals surface area contributed by atoms with Gasteiger partial charge in [0, 0.05) is 11.1 Å². The average Bonchev–Trinajstić information content (AvgIpc) is 3.48. The lowest BCUT2D eigenvalue weighted by molar-refractivity contribution is -0.122. The quantitative estimate of drug-likeness (QED) is 0.379. The first-order chi connectivity index (χ1) is 17.5. The monoisotopic (exact) mass is 495 g/mol. The Bertz CT molecular complexity index is 1530. The van der Waals surface area contributed by atoms with Crippen molar-refractivity contribution in [2.75, 3.05) is 4.90 Å². The zero-order valence-electron chi connectivity index (χ0n) is 18.8. The van der Waals surface area contributed by atoms with Gasteiger partial charge in [0.25, 0.3) is 17.7 Å². The molecular weight excluding hydrogens is 477 g/mol. The molecule has 4 aromatic rings. The smallest absolute Gasteiger partial charge is 0.273 e. The number of amides is 3. The van der Waals surface area contributed by atoms with E-state index in [4.69, 9.17) is 0 Å². The topological polar surface area (TPSA) is 70.0 Å². The van der Waals surface area contributed by atoms with Gasteiger partial charge in [0.1, 0.15) is 5.82 Å². The Labute approximate surface area is 209 Å². The Balaban J connectivity index is 1.57. The Morgan fingerprint density at radius 1 is 0.778 bits per heavy atom. The minimum absolute atomic E-state index is 0.178. The van der Waals surface area contributed by atoms with Crippen LogP contribution < -0.4 is 4.90 Å². The molecule has 2 aliphatic rings. The van der Waals surface area contributed by atoms with Crippen molar-refractivity contribution in [2.24, 2.45) is 4.99 Å². The number of carbonyl (C=O) groups is 3. The van der Waals surface area contributed by atoms with E-state index in [2.05, 4.69) is 4.99 Å². The lowest BCUT2D eigenvalue weighted by Gasteiger charge is -2.28. The van der Waals surface area contributed by atoms with Crippen molar-refractivity contribution < 1.29 is 18.8 Å². The van der Waals surface area contributed by atoms with E-state index in [0.29, 0.717) is 11.3 Å². The summed E-state index contributed by atoms with van der Waals surface area (Å²) in [5, 5.41) is 3.84. The Hall–Kier alpha value is -4.43. The van der Waals surface area contributed by atoms with Crippen LogP contribution in [0.15, 0.2) is 94.6 Å². The molecule has 8 heteroatoms. The fourth-order valence-electron chi connectivity index (χ4n) is 4.61. The first-order valence-corrected chi connectivity index (χ1v) is 12.2. The highest BCUT2D eigenvalue weighted by molar-refractivity contribution is 7.07. The van der Waals surface area contributed by atoms with Crippen molar-refractivity contribution >= 4 is 40.5 Å². The Morgan fingerprint density at radius 2 is 1.39 bits per heavy atom. The second kappa shape index (κ2) is 8.66. The number of fused-ring (bicyclic) bond motifs is 2. The third-order valence-electron chi connectivity index (χ3n) is 6.31. The standard InChI is InChI=1S/C28H18FN3O3S/c29-22-11-5-3-9-20(22)24-21-10-4-6-12-23(21)31(15-17-13-14-36-16-17)28(35)25(30-24)32-26(33)18-7-1-2-8-19(18)27(32)34/h1-14,16,25H,15H2. The number of halogens is 1. The number of carbonyl (C=O) groups excluding carboxylic acids is 3. The number of aliphatic imine (C=N–C) groups is 1. The molecule has 176 valence electrons. The van der Waals surface area contributed by atoms with Crippen LogP contribution in [0.1, 0.15) is 37.4 Å². The maximum Gasteiger partial charge on any atom is 0.273 e. The molecule has 1 atom stereocenters. The van der Waals surface area contributed by atoms with Gasteiger partial charge in [-0.2, -0.15) is 11.3 Å². The van der Waals surface area contributed by atoms with Crippen molar-refractivity contribution in [3.8, 4) is 0 Å². The van der Waals surface area contributed by atoms with Crippen LogP contribution in [0.4, 0.5) is 10.1 Å². The molecule has 36 heavy (non-hydrogen) atoms. The number of benzene rings is 3. The number of thiophene rings is 1. The molecular formula is C28H18FN3O3S. The fraction of sp³-hybridized carbons (Fsp3) is 0.0714. The van der Waals surface area contributed by atoms with E-state index in [-0.39, 0.29) is 28.9 Å². The van der Waals surface area contributed by atoms with Crippen LogP contribution in [-0.4, -0.2) is 34.5 Å². The first kappa shape index (κ1) is 22.1. The van der Waals surface area contributed by atoms with Crippen LogP contribution in [0.2, 0.25) is 0 Å². The maximum atomic E-state index is 15.0. The van der Waals surface area contributed by atoms with E-state index in [0.717, 1.165) is 10.5 Å². The third-order valence-corrected chi connectivity index (χ3v) is 7.04. The summed E-state index contributed by atoms with van der Waals surface area (Å²) in [7, 11) is 0. The molecule has 6 rings (SSSR count). The van der Waals surface area contributed by atoms with Gasteiger partial charge in [-0.1, -0.05) is 42.5 Å². The average molecular weight is 496 g/mol. The molecule has 0 spiro atoms. The summed E-state index contributed by atoms with van der Waals surface area (Å²) in [6.07, 6.45) is -1.50. The van der Waals surface area contributed by atoms with Gasteiger partial charge in [0.2, 0.25) is 6.17 Å². The zero-order chi connectivity index (χ0) is 24.8. The molecule has 1 aromatic heterocycles. The van der Waals surface area contributed by atoms with E-state index in [1.807, 2.05) is 16.8 Å². The van der Waals surface area contributed by atoms with Crippen LogP contribution in [0.25, 0.3) is 0 Å². The summed E-state index contributed by atoms with van der Waals surface area (Å²) in [6, 6.07) is 21.6. The van der Waals surface area contributed by atoms with Gasteiger partial charge in [-0.25, -0.2) is 14.3 Å². The number of hydrogen-bond donors (Lipinski definition) is 0. The summed E-state index contributed by atoms with van der Waals surface area (Å²) in [5.74, 6) is -2.28. The molecule has 3 aromatic carbocycles. The van der Waals surface area contributed by atoms with E-state index in [1.165, 1.54) is 22.3 Å². The molecule has 6 nitrogen and oxygen atoms in total. The number of anilines is 1. The maximum absolute atomic E-state index is 15.0. The summed E-state index contributed by atoms with van der Waals surface area (Å²) in [6.45, 7) is 0.207. The molecule has 0 saturated heterocycles. The van der Waals surface area contributed by atoms with E-state index in [1.54, 1.807) is 66.7 Å². The van der Waals surface area contributed by atoms with Gasteiger partial charge in [-0.3, -0.25) is 14.4 Å². The van der Waals surface area contributed by atoms with Crippen LogP contribution in [0.5, 0.6) is 0 Å². The molecule has 1 unspecified atom stereocenters. The van der Waals surface area contributed by atoms with Gasteiger partial charge in [-0.05, 0) is 52.7 Å². The predicted molar refractivity (Wildman–Crippen MR) is 135 cm³/mol. The predicted octanol–water partition coefficient (Wildman–Crippen LogP) is 4.89. The van der Waals surface area contributed by atoms with Crippen LogP contribution >= 0.6 is 11.3 Å². The highest BCUT2D eigenvalue weighted by atomic mass is 32.1. The first-order valence-electron chi connectivity index (χ1n) is 11.3. The summed E-state index contributed by atoms with van der Waals surface area (Å²) in [5.41, 5.74) is 2.75. The molecule has 0 aliphatic carbocycles. The molecule has 3 amide bonds. The lowest BCUT2D eigenvalue weighted by Crippen LogP contribution is -2.49. The number of nitrogens with zero attached hydrogens (tertiary/aromatic N) is 3. The number of para-hydroxylation sites is 1. The number of hydrogen-bond acceptors (Lipinski definition) is 5. The molecule has 0 fully saturated rings. The number of imide groups is 1. The number of benzodiazepines with no additional fused rings is 1. The molecule has 0 N–H and O–H groups in total. The Morgan fingerprint density at radius 3 is 2.03 bits per heavy atom. The summed E-state index contributed by atoms with van der Waals surface area (Å²) in [4.78, 5) is 47.9. The van der Waals surface area contributed by atoms with Crippen molar-refractivity contribution in [1.82, 2.24) is 4.90 Å². The minimum atomic E-state index is -1.50. The second-order valence-corrected chi connectivity index (χ2v) is 9.21.